The molecule has 1 heterocycles. The summed E-state index contributed by atoms with van der Waals surface area (Å²) >= 11 is 1.71. The van der Waals surface area contributed by atoms with E-state index < -0.39 is 0 Å². The van der Waals surface area contributed by atoms with Crippen molar-refractivity contribution in [3.05, 3.63) is 18.2 Å². The Morgan fingerprint density at radius 3 is 2.71 bits per heavy atom. The molecule has 0 spiro atoms. The van der Waals surface area contributed by atoms with Crippen molar-refractivity contribution in [1.29, 1.82) is 0 Å². The van der Waals surface area contributed by atoms with Crippen LogP contribution in [0.25, 0.3) is 10.2 Å². The predicted octanol–water partition coefficient (Wildman–Crippen LogP) is 1.88. The lowest BCUT2D eigenvalue weighted by Crippen LogP contribution is -2.28. The van der Waals surface area contributed by atoms with Crippen LogP contribution in [0.15, 0.2) is 18.2 Å². The SMILES string of the molecule is CN(C)CCN(C)c1nc2cc(N)ccc2s1. The van der Waals surface area contributed by atoms with Crippen molar-refractivity contribution in [2.24, 2.45) is 0 Å². The summed E-state index contributed by atoms with van der Waals surface area (Å²) in [5, 5.41) is 1.05. The van der Waals surface area contributed by atoms with Crippen molar-refractivity contribution >= 4 is 32.4 Å². The maximum atomic E-state index is 5.75. The Labute approximate surface area is 106 Å². The number of fused-ring (bicyclic) bond motifs is 1. The van der Waals surface area contributed by atoms with Gasteiger partial charge in [-0.2, -0.15) is 0 Å². The molecule has 0 bridgehead atoms. The molecule has 0 radical (unpaired) electrons. The normalized spacial score (nSPS) is 11.3. The summed E-state index contributed by atoms with van der Waals surface area (Å²) in [6.07, 6.45) is 0. The highest BCUT2D eigenvalue weighted by Crippen LogP contribution is 2.29. The van der Waals surface area contributed by atoms with Gasteiger partial charge >= 0.3 is 0 Å². The summed E-state index contributed by atoms with van der Waals surface area (Å²) < 4.78 is 1.19. The molecular weight excluding hydrogens is 232 g/mol. The van der Waals surface area contributed by atoms with E-state index in [1.165, 1.54) is 4.70 Å². The van der Waals surface area contributed by atoms with Crippen LogP contribution >= 0.6 is 11.3 Å². The number of aromatic nitrogens is 1. The number of rotatable bonds is 4. The first-order valence-electron chi connectivity index (χ1n) is 5.58. The van der Waals surface area contributed by atoms with Gasteiger partial charge in [-0.05, 0) is 32.3 Å². The molecule has 1 aromatic heterocycles. The van der Waals surface area contributed by atoms with Gasteiger partial charge in [0.15, 0.2) is 5.13 Å². The summed E-state index contributed by atoms with van der Waals surface area (Å²) in [5.74, 6) is 0. The van der Waals surface area contributed by atoms with Crippen molar-refractivity contribution in [3.8, 4) is 0 Å². The summed E-state index contributed by atoms with van der Waals surface area (Å²) in [4.78, 5) is 8.95. The maximum Gasteiger partial charge on any atom is 0.186 e. The average molecular weight is 250 g/mol. The Bertz CT molecular complexity index is 506. The zero-order valence-corrected chi connectivity index (χ0v) is 11.3. The number of benzene rings is 1. The van der Waals surface area contributed by atoms with E-state index in [0.29, 0.717) is 0 Å². The number of hydrogen-bond acceptors (Lipinski definition) is 5. The summed E-state index contributed by atoms with van der Waals surface area (Å²) in [6.45, 7) is 2.00. The molecule has 0 saturated heterocycles. The molecule has 92 valence electrons. The fourth-order valence-corrected chi connectivity index (χ4v) is 2.47. The number of hydrogen-bond donors (Lipinski definition) is 1. The van der Waals surface area contributed by atoms with Gasteiger partial charge < -0.3 is 15.5 Å². The number of nitrogens with two attached hydrogens (primary N) is 1. The van der Waals surface area contributed by atoms with E-state index in [1.54, 1.807) is 11.3 Å². The van der Waals surface area contributed by atoms with Gasteiger partial charge in [-0.3, -0.25) is 0 Å². The van der Waals surface area contributed by atoms with E-state index >= 15 is 0 Å². The van der Waals surface area contributed by atoms with Crippen molar-refractivity contribution in [2.45, 2.75) is 0 Å². The van der Waals surface area contributed by atoms with E-state index in [-0.39, 0.29) is 0 Å². The van der Waals surface area contributed by atoms with Crippen LogP contribution < -0.4 is 10.6 Å². The molecule has 0 amide bonds. The van der Waals surface area contributed by atoms with Crippen LogP contribution in [0.3, 0.4) is 0 Å². The second kappa shape index (κ2) is 4.89. The van der Waals surface area contributed by atoms with Crippen LogP contribution in [0.1, 0.15) is 0 Å². The van der Waals surface area contributed by atoms with E-state index in [2.05, 4.69) is 35.9 Å². The Kier molecular flexibility index (Phi) is 3.49. The molecule has 4 nitrogen and oxygen atoms in total. The third kappa shape index (κ3) is 2.87. The third-order valence-corrected chi connectivity index (χ3v) is 3.76. The first-order valence-corrected chi connectivity index (χ1v) is 6.40. The van der Waals surface area contributed by atoms with E-state index in [9.17, 15) is 0 Å². The van der Waals surface area contributed by atoms with Crippen molar-refractivity contribution in [2.75, 3.05) is 44.9 Å². The van der Waals surface area contributed by atoms with Crippen LogP contribution in [0, 0.1) is 0 Å². The minimum atomic E-state index is 0.769. The zero-order valence-electron chi connectivity index (χ0n) is 10.5. The number of nitrogen functional groups attached to an aromatic ring is 1. The minimum Gasteiger partial charge on any atom is -0.399 e. The lowest BCUT2D eigenvalue weighted by molar-refractivity contribution is 0.416. The van der Waals surface area contributed by atoms with E-state index in [4.69, 9.17) is 5.73 Å². The second-order valence-electron chi connectivity index (χ2n) is 4.45. The summed E-state index contributed by atoms with van der Waals surface area (Å²) in [6, 6.07) is 5.88. The smallest absolute Gasteiger partial charge is 0.186 e. The lowest BCUT2D eigenvalue weighted by Gasteiger charge is -2.18. The third-order valence-electron chi connectivity index (χ3n) is 2.61. The molecule has 1 aromatic carbocycles. The van der Waals surface area contributed by atoms with E-state index in [0.717, 1.165) is 29.4 Å². The second-order valence-corrected chi connectivity index (χ2v) is 5.46. The highest BCUT2D eigenvalue weighted by atomic mass is 32.1. The molecule has 0 unspecified atom stereocenters. The van der Waals surface area contributed by atoms with Crippen LogP contribution in [-0.4, -0.2) is 44.1 Å². The van der Waals surface area contributed by atoms with Gasteiger partial charge in [-0.15, -0.1) is 0 Å². The quantitative estimate of drug-likeness (QED) is 0.842. The van der Waals surface area contributed by atoms with Gasteiger partial charge in [0, 0.05) is 25.8 Å². The number of nitrogens with zero attached hydrogens (tertiary/aromatic N) is 3. The molecule has 0 aliphatic carbocycles. The molecule has 2 N–H and O–H groups in total. The standard InChI is InChI=1S/C12H18N4S/c1-15(2)6-7-16(3)12-14-10-8-9(13)4-5-11(10)17-12/h4-5,8H,6-7,13H2,1-3H3. The highest BCUT2D eigenvalue weighted by Gasteiger charge is 2.08. The largest absolute Gasteiger partial charge is 0.399 e. The first-order chi connectivity index (χ1) is 8.06. The Balaban J connectivity index is 2.18. The zero-order chi connectivity index (χ0) is 12.4. The minimum absolute atomic E-state index is 0.769. The van der Waals surface area contributed by atoms with E-state index in [1.807, 2.05) is 18.2 Å². The summed E-state index contributed by atoms with van der Waals surface area (Å²) in [5.41, 5.74) is 7.51. The van der Waals surface area contributed by atoms with Crippen LogP contribution in [-0.2, 0) is 0 Å². The van der Waals surface area contributed by atoms with Gasteiger partial charge in [0.2, 0.25) is 0 Å². The molecule has 0 aliphatic heterocycles. The lowest BCUT2D eigenvalue weighted by atomic mass is 10.3. The van der Waals surface area contributed by atoms with Crippen molar-refractivity contribution in [3.63, 3.8) is 0 Å². The van der Waals surface area contributed by atoms with Crippen LogP contribution in [0.2, 0.25) is 0 Å². The van der Waals surface area contributed by atoms with Crippen LogP contribution in [0.4, 0.5) is 10.8 Å². The fraction of sp³-hybridized carbons (Fsp3) is 0.417. The number of thiazole rings is 1. The Morgan fingerprint density at radius 1 is 1.24 bits per heavy atom. The number of anilines is 2. The molecule has 17 heavy (non-hydrogen) atoms. The molecule has 5 heteroatoms. The molecule has 0 saturated carbocycles. The summed E-state index contributed by atoms with van der Waals surface area (Å²) in [7, 11) is 6.23. The molecule has 2 rings (SSSR count). The molecule has 0 atom stereocenters. The Hall–Kier alpha value is -1.33. The van der Waals surface area contributed by atoms with Gasteiger partial charge in [0.05, 0.1) is 10.2 Å². The molecule has 0 aliphatic rings. The average Bonchev–Trinajstić information content (AvgIpc) is 2.68. The van der Waals surface area contributed by atoms with Gasteiger partial charge in [-0.25, -0.2) is 4.98 Å². The molecule has 2 aromatic rings. The van der Waals surface area contributed by atoms with Crippen molar-refractivity contribution < 1.29 is 0 Å². The first kappa shape index (κ1) is 12.1. The van der Waals surface area contributed by atoms with Gasteiger partial charge in [-0.1, -0.05) is 11.3 Å². The predicted molar refractivity (Wildman–Crippen MR) is 75.9 cm³/mol. The maximum absolute atomic E-state index is 5.75. The monoisotopic (exact) mass is 250 g/mol. The van der Waals surface area contributed by atoms with Gasteiger partial charge in [0.25, 0.3) is 0 Å². The van der Waals surface area contributed by atoms with Gasteiger partial charge in [0.1, 0.15) is 0 Å². The van der Waals surface area contributed by atoms with Crippen molar-refractivity contribution in [1.82, 2.24) is 9.88 Å². The number of likely N-dealkylation sites (N-methyl/N-ethyl adjacent to an activating group) is 2. The highest BCUT2D eigenvalue weighted by molar-refractivity contribution is 7.22. The fourth-order valence-electron chi connectivity index (χ4n) is 1.54. The van der Waals surface area contributed by atoms with Crippen LogP contribution in [0.5, 0.6) is 0 Å². The Morgan fingerprint density at radius 2 is 2.00 bits per heavy atom. The molecular formula is C12H18N4S. The topological polar surface area (TPSA) is 45.4 Å². The molecule has 0 fully saturated rings.